The molecular formula is C14H9BrClFO2. The van der Waals surface area contributed by atoms with Crippen molar-refractivity contribution in [2.24, 2.45) is 0 Å². The lowest BCUT2D eigenvalue weighted by Crippen LogP contribution is -2.12. The number of hydrogen-bond donors (Lipinski definition) is 0. The molecular weight excluding hydrogens is 335 g/mol. The van der Waals surface area contributed by atoms with E-state index in [1.54, 1.807) is 30.3 Å². The molecule has 2 aromatic carbocycles. The van der Waals surface area contributed by atoms with E-state index in [0.29, 0.717) is 10.0 Å². The number of halogens is 3. The molecule has 0 fully saturated rings. The van der Waals surface area contributed by atoms with Gasteiger partial charge in [0.25, 0.3) is 0 Å². The lowest BCUT2D eigenvalue weighted by Gasteiger charge is -2.08. The molecule has 0 aliphatic rings. The fraction of sp³-hybridized carbons (Fsp3) is 0.0714. The highest BCUT2D eigenvalue weighted by atomic mass is 79.9. The summed E-state index contributed by atoms with van der Waals surface area (Å²) < 4.78 is 19.4. The number of carbonyl (C=O) groups is 1. The molecule has 2 aromatic rings. The summed E-state index contributed by atoms with van der Waals surface area (Å²) in [7, 11) is 0. The van der Waals surface area contributed by atoms with Crippen molar-refractivity contribution in [3.63, 3.8) is 0 Å². The first-order valence-corrected chi connectivity index (χ1v) is 6.61. The summed E-state index contributed by atoms with van der Waals surface area (Å²) in [5.74, 6) is -0.941. The summed E-state index contributed by atoms with van der Waals surface area (Å²) in [6.07, 6.45) is 0. The molecule has 0 N–H and O–H groups in total. The Morgan fingerprint density at radius 3 is 2.68 bits per heavy atom. The maximum atomic E-state index is 13.6. The van der Waals surface area contributed by atoms with Gasteiger partial charge in [0.05, 0.1) is 5.02 Å². The van der Waals surface area contributed by atoms with E-state index in [4.69, 9.17) is 16.3 Å². The molecule has 0 heterocycles. The van der Waals surface area contributed by atoms with Crippen LogP contribution in [0.4, 0.5) is 4.39 Å². The molecule has 2 rings (SSSR count). The topological polar surface area (TPSA) is 26.3 Å². The minimum absolute atomic E-state index is 0.0343. The Morgan fingerprint density at radius 2 is 1.95 bits per heavy atom. The number of ketones is 1. The number of rotatable bonds is 4. The average molecular weight is 344 g/mol. The Kier molecular flexibility index (Phi) is 4.56. The Morgan fingerprint density at radius 1 is 1.21 bits per heavy atom. The van der Waals surface area contributed by atoms with Crippen molar-refractivity contribution < 1.29 is 13.9 Å². The highest BCUT2D eigenvalue weighted by Gasteiger charge is 2.12. The number of benzene rings is 2. The van der Waals surface area contributed by atoms with Gasteiger partial charge < -0.3 is 4.74 Å². The molecule has 19 heavy (non-hydrogen) atoms. The number of carbonyl (C=O) groups excluding carboxylic acids is 1. The van der Waals surface area contributed by atoms with Gasteiger partial charge in [-0.15, -0.1) is 0 Å². The molecule has 5 heteroatoms. The maximum absolute atomic E-state index is 13.6. The van der Waals surface area contributed by atoms with E-state index in [9.17, 15) is 9.18 Å². The van der Waals surface area contributed by atoms with E-state index < -0.39 is 5.82 Å². The van der Waals surface area contributed by atoms with Crippen LogP contribution in [0.3, 0.4) is 0 Å². The van der Waals surface area contributed by atoms with Crippen LogP contribution in [-0.4, -0.2) is 12.4 Å². The summed E-state index contributed by atoms with van der Waals surface area (Å²) in [4.78, 5) is 11.9. The largest absolute Gasteiger partial charge is 0.482 e. The van der Waals surface area contributed by atoms with Crippen LogP contribution in [0.15, 0.2) is 46.9 Å². The molecule has 2 nitrogen and oxygen atoms in total. The second-order valence-electron chi connectivity index (χ2n) is 3.74. The summed E-state index contributed by atoms with van der Waals surface area (Å²) in [5, 5.41) is -0.0363. The van der Waals surface area contributed by atoms with Crippen LogP contribution in [0.5, 0.6) is 5.75 Å². The van der Waals surface area contributed by atoms with Crippen molar-refractivity contribution in [2.45, 2.75) is 0 Å². The molecule has 0 spiro atoms. The lowest BCUT2D eigenvalue weighted by molar-refractivity contribution is 0.0918. The zero-order chi connectivity index (χ0) is 13.8. The zero-order valence-electron chi connectivity index (χ0n) is 9.70. The lowest BCUT2D eigenvalue weighted by atomic mass is 10.1. The van der Waals surface area contributed by atoms with E-state index in [0.717, 1.165) is 0 Å². The molecule has 0 atom stereocenters. The third kappa shape index (κ3) is 3.33. The molecule has 0 aliphatic heterocycles. The van der Waals surface area contributed by atoms with E-state index in [-0.39, 0.29) is 23.2 Å². The van der Waals surface area contributed by atoms with Gasteiger partial charge in [0.2, 0.25) is 5.78 Å². The number of hydrogen-bond acceptors (Lipinski definition) is 2. The van der Waals surface area contributed by atoms with Crippen LogP contribution in [0, 0.1) is 5.82 Å². The second kappa shape index (κ2) is 6.17. The summed E-state index contributed by atoms with van der Waals surface area (Å²) >= 11 is 8.90. The van der Waals surface area contributed by atoms with Crippen molar-refractivity contribution >= 4 is 33.3 Å². The fourth-order valence-electron chi connectivity index (χ4n) is 1.50. The Balaban J connectivity index is 2.09. The number of ether oxygens (including phenoxy) is 1. The number of Topliss-reactive ketones (excluding diaryl/α,β-unsaturated/α-hetero) is 1. The van der Waals surface area contributed by atoms with Gasteiger partial charge in [0, 0.05) is 10.0 Å². The van der Waals surface area contributed by atoms with Gasteiger partial charge >= 0.3 is 0 Å². The molecule has 0 bridgehead atoms. The molecule has 98 valence electrons. The normalized spacial score (nSPS) is 10.3. The highest BCUT2D eigenvalue weighted by molar-refractivity contribution is 9.10. The van der Waals surface area contributed by atoms with E-state index in [2.05, 4.69) is 15.9 Å². The van der Waals surface area contributed by atoms with Gasteiger partial charge in [0.1, 0.15) is 0 Å². The average Bonchev–Trinajstić information content (AvgIpc) is 2.40. The summed E-state index contributed by atoms with van der Waals surface area (Å²) in [5.41, 5.74) is 0.491. The van der Waals surface area contributed by atoms with Crippen molar-refractivity contribution in [3.8, 4) is 5.75 Å². The third-order valence-corrected chi connectivity index (χ3v) is 3.43. The minimum atomic E-state index is -0.663. The van der Waals surface area contributed by atoms with Crippen LogP contribution in [-0.2, 0) is 0 Å². The Hall–Kier alpha value is -1.39. The minimum Gasteiger partial charge on any atom is -0.482 e. The first-order chi connectivity index (χ1) is 9.09. The van der Waals surface area contributed by atoms with Gasteiger partial charge in [0.15, 0.2) is 18.2 Å². The van der Waals surface area contributed by atoms with Gasteiger partial charge in [-0.2, -0.15) is 0 Å². The zero-order valence-corrected chi connectivity index (χ0v) is 12.0. The smallest absolute Gasteiger partial charge is 0.201 e. The van der Waals surface area contributed by atoms with E-state index >= 15 is 0 Å². The quantitative estimate of drug-likeness (QED) is 0.764. The van der Waals surface area contributed by atoms with Crippen LogP contribution in [0.1, 0.15) is 10.4 Å². The second-order valence-corrected chi connectivity index (χ2v) is 5.01. The standard InChI is InChI=1S/C14H9BrClFO2/c15-10-5-2-1-4-9(10)12(18)8-19-13-7-3-6-11(16)14(13)17/h1-7H,8H2. The first kappa shape index (κ1) is 14.0. The monoisotopic (exact) mass is 342 g/mol. The van der Waals surface area contributed by atoms with Crippen LogP contribution >= 0.6 is 27.5 Å². The van der Waals surface area contributed by atoms with E-state index in [1.165, 1.54) is 12.1 Å². The predicted octanol–water partition coefficient (Wildman–Crippen LogP) is 4.50. The Bertz CT molecular complexity index is 616. The predicted molar refractivity (Wildman–Crippen MR) is 75.4 cm³/mol. The van der Waals surface area contributed by atoms with Crippen molar-refractivity contribution in [2.75, 3.05) is 6.61 Å². The van der Waals surface area contributed by atoms with Crippen molar-refractivity contribution in [1.29, 1.82) is 0 Å². The van der Waals surface area contributed by atoms with Gasteiger partial charge in [-0.3, -0.25) is 4.79 Å². The fourth-order valence-corrected chi connectivity index (χ4v) is 2.18. The van der Waals surface area contributed by atoms with Gasteiger partial charge in [-0.05, 0) is 18.2 Å². The van der Waals surface area contributed by atoms with Crippen molar-refractivity contribution in [3.05, 3.63) is 63.3 Å². The molecule has 0 unspecified atom stereocenters. The molecule has 0 saturated carbocycles. The maximum Gasteiger partial charge on any atom is 0.201 e. The van der Waals surface area contributed by atoms with Gasteiger partial charge in [-0.1, -0.05) is 51.8 Å². The van der Waals surface area contributed by atoms with Gasteiger partial charge in [-0.25, -0.2) is 4.39 Å². The summed E-state index contributed by atoms with van der Waals surface area (Å²) in [6, 6.07) is 11.4. The highest BCUT2D eigenvalue weighted by Crippen LogP contribution is 2.24. The van der Waals surface area contributed by atoms with Crippen molar-refractivity contribution in [1.82, 2.24) is 0 Å². The van der Waals surface area contributed by atoms with E-state index in [1.807, 2.05) is 0 Å². The van der Waals surface area contributed by atoms with Crippen LogP contribution in [0.2, 0.25) is 5.02 Å². The van der Waals surface area contributed by atoms with Crippen LogP contribution in [0.25, 0.3) is 0 Å². The SMILES string of the molecule is O=C(COc1cccc(Cl)c1F)c1ccccc1Br. The first-order valence-electron chi connectivity index (χ1n) is 5.44. The molecule has 0 radical (unpaired) electrons. The Labute approximate surface area is 123 Å². The molecule has 0 aromatic heterocycles. The molecule has 0 aliphatic carbocycles. The van der Waals surface area contributed by atoms with Crippen LogP contribution < -0.4 is 4.74 Å². The third-order valence-electron chi connectivity index (χ3n) is 2.45. The molecule has 0 amide bonds. The molecule has 0 saturated heterocycles. The summed E-state index contributed by atoms with van der Waals surface area (Å²) in [6.45, 7) is -0.250.